The molecule has 0 heterocycles. The zero-order chi connectivity index (χ0) is 11.6. The van der Waals surface area contributed by atoms with Crippen molar-refractivity contribution < 1.29 is 9.47 Å². The Morgan fingerprint density at radius 1 is 1.25 bits per heavy atom. The third-order valence-electron chi connectivity index (χ3n) is 3.20. The zero-order valence-corrected chi connectivity index (χ0v) is 10.2. The van der Waals surface area contributed by atoms with Gasteiger partial charge in [0.05, 0.1) is 14.2 Å². The second-order valence-corrected chi connectivity index (χ2v) is 4.59. The number of ether oxygens (including phenoxy) is 2. The molecule has 0 unspecified atom stereocenters. The van der Waals surface area contributed by atoms with Crippen LogP contribution < -0.4 is 14.8 Å². The molecule has 0 saturated heterocycles. The third-order valence-corrected chi connectivity index (χ3v) is 3.20. The van der Waals surface area contributed by atoms with Crippen molar-refractivity contribution >= 4 is 0 Å². The summed E-state index contributed by atoms with van der Waals surface area (Å²) >= 11 is 0. The largest absolute Gasteiger partial charge is 0.497 e. The molecule has 3 heteroatoms. The lowest BCUT2D eigenvalue weighted by Crippen LogP contribution is -2.27. The summed E-state index contributed by atoms with van der Waals surface area (Å²) in [5.74, 6) is 1.72. The average Bonchev–Trinajstić information content (AvgIpc) is 3.05. The third kappa shape index (κ3) is 2.47. The summed E-state index contributed by atoms with van der Waals surface area (Å²) in [6.45, 7) is 3.10. The number of methoxy groups -OCH3 is 2. The molecule has 0 aromatic heterocycles. The molecule has 0 radical (unpaired) electrons. The van der Waals surface area contributed by atoms with Crippen molar-refractivity contribution in [3.05, 3.63) is 23.8 Å². The van der Waals surface area contributed by atoms with E-state index in [1.807, 2.05) is 12.1 Å². The van der Waals surface area contributed by atoms with Gasteiger partial charge in [-0.05, 0) is 25.8 Å². The molecule has 1 fully saturated rings. The van der Waals surface area contributed by atoms with Crippen LogP contribution in [0.15, 0.2) is 18.2 Å². The van der Waals surface area contributed by atoms with Crippen LogP contribution in [0, 0.1) is 0 Å². The summed E-state index contributed by atoms with van der Waals surface area (Å²) in [6, 6.07) is 5.94. The number of nitrogens with one attached hydrogen (secondary N) is 1. The molecule has 16 heavy (non-hydrogen) atoms. The van der Waals surface area contributed by atoms with Gasteiger partial charge in [0, 0.05) is 23.7 Å². The summed E-state index contributed by atoms with van der Waals surface area (Å²) in [5, 5.41) is 3.54. The van der Waals surface area contributed by atoms with E-state index in [4.69, 9.17) is 9.47 Å². The first kappa shape index (κ1) is 11.3. The van der Waals surface area contributed by atoms with Crippen LogP contribution in [-0.2, 0) is 6.54 Å². The average molecular weight is 221 g/mol. The lowest BCUT2D eigenvalue weighted by Gasteiger charge is -2.14. The fourth-order valence-corrected chi connectivity index (χ4v) is 1.67. The van der Waals surface area contributed by atoms with Crippen LogP contribution in [0.3, 0.4) is 0 Å². The van der Waals surface area contributed by atoms with E-state index in [9.17, 15) is 0 Å². The maximum absolute atomic E-state index is 5.35. The van der Waals surface area contributed by atoms with Crippen molar-refractivity contribution in [2.45, 2.75) is 31.8 Å². The summed E-state index contributed by atoms with van der Waals surface area (Å²) in [4.78, 5) is 0. The van der Waals surface area contributed by atoms with E-state index in [-0.39, 0.29) is 0 Å². The van der Waals surface area contributed by atoms with Crippen molar-refractivity contribution in [3.63, 3.8) is 0 Å². The molecule has 0 amide bonds. The molecule has 0 spiro atoms. The first-order valence-corrected chi connectivity index (χ1v) is 5.63. The van der Waals surface area contributed by atoms with E-state index in [0.717, 1.165) is 18.0 Å². The summed E-state index contributed by atoms with van der Waals surface area (Å²) in [5.41, 5.74) is 1.53. The summed E-state index contributed by atoms with van der Waals surface area (Å²) in [6.07, 6.45) is 2.54. The number of hydrogen-bond acceptors (Lipinski definition) is 3. The molecule has 1 aliphatic carbocycles. The molecule has 2 rings (SSSR count). The standard InChI is InChI=1S/C13H19NO2/c1-13(6-7-13)14-9-10-4-5-11(15-2)8-12(10)16-3/h4-5,8,14H,6-7,9H2,1-3H3. The van der Waals surface area contributed by atoms with Crippen molar-refractivity contribution in [2.24, 2.45) is 0 Å². The molecular formula is C13H19NO2. The van der Waals surface area contributed by atoms with Crippen molar-refractivity contribution in [1.82, 2.24) is 5.32 Å². The summed E-state index contributed by atoms with van der Waals surface area (Å²) in [7, 11) is 3.36. The normalized spacial score (nSPS) is 16.9. The second kappa shape index (κ2) is 4.34. The van der Waals surface area contributed by atoms with Gasteiger partial charge in [-0.15, -0.1) is 0 Å². The van der Waals surface area contributed by atoms with E-state index in [2.05, 4.69) is 18.3 Å². The molecule has 1 aliphatic rings. The SMILES string of the molecule is COc1ccc(CNC2(C)CC2)c(OC)c1. The molecule has 3 nitrogen and oxygen atoms in total. The van der Waals surface area contributed by atoms with Crippen LogP contribution in [-0.4, -0.2) is 19.8 Å². The van der Waals surface area contributed by atoms with E-state index in [1.165, 1.54) is 18.4 Å². The highest BCUT2D eigenvalue weighted by atomic mass is 16.5. The Labute approximate surface area is 96.8 Å². The van der Waals surface area contributed by atoms with Crippen molar-refractivity contribution in [2.75, 3.05) is 14.2 Å². The highest BCUT2D eigenvalue weighted by Crippen LogP contribution is 2.35. The zero-order valence-electron chi connectivity index (χ0n) is 10.2. The minimum atomic E-state index is 0.352. The smallest absolute Gasteiger partial charge is 0.127 e. The molecule has 1 N–H and O–H groups in total. The topological polar surface area (TPSA) is 30.5 Å². The second-order valence-electron chi connectivity index (χ2n) is 4.59. The van der Waals surface area contributed by atoms with Gasteiger partial charge in [-0.25, -0.2) is 0 Å². The first-order valence-electron chi connectivity index (χ1n) is 5.63. The number of hydrogen-bond donors (Lipinski definition) is 1. The maximum Gasteiger partial charge on any atom is 0.127 e. The quantitative estimate of drug-likeness (QED) is 0.828. The first-order chi connectivity index (χ1) is 7.67. The Morgan fingerprint density at radius 2 is 2.00 bits per heavy atom. The predicted octanol–water partition coefficient (Wildman–Crippen LogP) is 2.35. The minimum absolute atomic E-state index is 0.352. The molecule has 0 aliphatic heterocycles. The Kier molecular flexibility index (Phi) is 3.06. The van der Waals surface area contributed by atoms with Crippen LogP contribution in [0.2, 0.25) is 0 Å². The van der Waals surface area contributed by atoms with E-state index < -0.39 is 0 Å². The number of rotatable bonds is 5. The van der Waals surface area contributed by atoms with E-state index >= 15 is 0 Å². The van der Waals surface area contributed by atoms with Crippen LogP contribution in [0.25, 0.3) is 0 Å². The van der Waals surface area contributed by atoms with Crippen molar-refractivity contribution in [1.29, 1.82) is 0 Å². The van der Waals surface area contributed by atoms with Gasteiger partial charge in [-0.2, -0.15) is 0 Å². The Hall–Kier alpha value is -1.22. The monoisotopic (exact) mass is 221 g/mol. The van der Waals surface area contributed by atoms with Gasteiger partial charge in [0.25, 0.3) is 0 Å². The fourth-order valence-electron chi connectivity index (χ4n) is 1.67. The Bertz CT molecular complexity index is 372. The highest BCUT2D eigenvalue weighted by Gasteiger charge is 2.36. The van der Waals surface area contributed by atoms with Crippen LogP contribution >= 0.6 is 0 Å². The molecule has 1 aromatic carbocycles. The van der Waals surface area contributed by atoms with Crippen LogP contribution in [0.5, 0.6) is 11.5 Å². The highest BCUT2D eigenvalue weighted by molar-refractivity contribution is 5.40. The van der Waals surface area contributed by atoms with Crippen molar-refractivity contribution in [3.8, 4) is 11.5 Å². The Morgan fingerprint density at radius 3 is 2.56 bits per heavy atom. The molecule has 0 bridgehead atoms. The van der Waals surface area contributed by atoms with E-state index in [1.54, 1.807) is 14.2 Å². The molecule has 88 valence electrons. The lowest BCUT2D eigenvalue weighted by atomic mass is 10.1. The van der Waals surface area contributed by atoms with Gasteiger partial charge in [-0.1, -0.05) is 6.07 Å². The maximum atomic E-state index is 5.35. The number of benzene rings is 1. The van der Waals surface area contributed by atoms with Gasteiger partial charge in [0.2, 0.25) is 0 Å². The van der Waals surface area contributed by atoms with Gasteiger partial charge in [0.1, 0.15) is 11.5 Å². The van der Waals surface area contributed by atoms with Crippen LogP contribution in [0.1, 0.15) is 25.3 Å². The molecule has 1 saturated carbocycles. The molecular weight excluding hydrogens is 202 g/mol. The van der Waals surface area contributed by atoms with Gasteiger partial charge in [-0.3, -0.25) is 0 Å². The van der Waals surface area contributed by atoms with Gasteiger partial charge >= 0.3 is 0 Å². The minimum Gasteiger partial charge on any atom is -0.497 e. The predicted molar refractivity (Wildman–Crippen MR) is 64.0 cm³/mol. The molecule has 0 atom stereocenters. The summed E-state index contributed by atoms with van der Waals surface area (Å²) < 4.78 is 10.5. The lowest BCUT2D eigenvalue weighted by molar-refractivity contribution is 0.388. The van der Waals surface area contributed by atoms with Gasteiger partial charge in [0.15, 0.2) is 0 Å². The Balaban J connectivity index is 2.07. The van der Waals surface area contributed by atoms with Crippen LogP contribution in [0.4, 0.5) is 0 Å². The van der Waals surface area contributed by atoms with E-state index in [0.29, 0.717) is 5.54 Å². The molecule has 1 aromatic rings. The fraction of sp³-hybridized carbons (Fsp3) is 0.538. The van der Waals surface area contributed by atoms with Gasteiger partial charge < -0.3 is 14.8 Å².